The summed E-state index contributed by atoms with van der Waals surface area (Å²) in [5.74, 6) is 0.397. The normalized spacial score (nSPS) is 17.0. The van der Waals surface area contributed by atoms with Crippen molar-refractivity contribution in [3.63, 3.8) is 0 Å². The van der Waals surface area contributed by atoms with E-state index < -0.39 is 0 Å². The van der Waals surface area contributed by atoms with Gasteiger partial charge >= 0.3 is 0 Å². The smallest absolute Gasteiger partial charge is 0.154 e. The molecule has 0 unspecified atom stereocenters. The lowest BCUT2D eigenvalue weighted by Crippen LogP contribution is -2.15. The summed E-state index contributed by atoms with van der Waals surface area (Å²) in [4.78, 5) is 18.6. The van der Waals surface area contributed by atoms with Gasteiger partial charge in [-0.1, -0.05) is 41.7 Å². The first-order valence-electron chi connectivity index (χ1n) is 8.89. The molecule has 0 bridgehead atoms. The van der Waals surface area contributed by atoms with Crippen molar-refractivity contribution in [2.24, 2.45) is 0 Å². The van der Waals surface area contributed by atoms with Crippen molar-refractivity contribution in [1.82, 2.24) is 24.5 Å². The van der Waals surface area contributed by atoms with Gasteiger partial charge < -0.3 is 15.0 Å². The minimum absolute atomic E-state index is 0.209. The first kappa shape index (κ1) is 16.3. The van der Waals surface area contributed by atoms with E-state index in [0.717, 1.165) is 52.8 Å². The fourth-order valence-electron chi connectivity index (χ4n) is 3.43. The maximum Gasteiger partial charge on any atom is 0.154 e. The molecule has 27 heavy (non-hydrogen) atoms. The lowest BCUT2D eigenvalue weighted by atomic mass is 10.1. The van der Waals surface area contributed by atoms with Crippen molar-refractivity contribution < 1.29 is 4.74 Å². The molecule has 2 N–H and O–H groups in total. The molecule has 5 rings (SSSR count). The van der Waals surface area contributed by atoms with Gasteiger partial charge in [-0.05, 0) is 12.8 Å². The number of aromatic nitrogens is 5. The predicted octanol–water partition coefficient (Wildman–Crippen LogP) is 3.38. The Bertz CT molecular complexity index is 1080. The molecule has 1 aromatic carbocycles. The Morgan fingerprint density at radius 2 is 2.07 bits per heavy atom. The largest absolute Gasteiger partial charge is 0.382 e. The van der Waals surface area contributed by atoms with Gasteiger partial charge in [0.25, 0.3) is 0 Å². The minimum atomic E-state index is 0.209. The van der Waals surface area contributed by atoms with Crippen molar-refractivity contribution in [1.29, 1.82) is 0 Å². The van der Waals surface area contributed by atoms with Crippen molar-refractivity contribution >= 4 is 27.5 Å². The zero-order valence-corrected chi connectivity index (χ0v) is 15.4. The number of nitrogen functional groups attached to an aromatic ring is 1. The molecule has 7 nitrogen and oxygen atoms in total. The fourth-order valence-corrected chi connectivity index (χ4v) is 4.41. The molecule has 0 saturated carbocycles. The van der Waals surface area contributed by atoms with Crippen LogP contribution in [-0.2, 0) is 11.3 Å². The van der Waals surface area contributed by atoms with Crippen LogP contribution in [0.1, 0.15) is 12.8 Å². The van der Waals surface area contributed by atoms with Crippen LogP contribution in [0.2, 0.25) is 0 Å². The molecule has 1 saturated heterocycles. The SMILES string of the molecule is Nc1ncnc2sc(-c3c(-c4ccccc4)ncn3C[C@@H]3CCCO3)nc12. The van der Waals surface area contributed by atoms with Crippen LogP contribution in [0.4, 0.5) is 5.82 Å². The molecule has 1 atom stereocenters. The van der Waals surface area contributed by atoms with Crippen molar-refractivity contribution in [2.45, 2.75) is 25.5 Å². The number of fused-ring (bicyclic) bond motifs is 1. The molecule has 0 spiro atoms. The summed E-state index contributed by atoms with van der Waals surface area (Å²) in [5, 5.41) is 0.839. The second kappa shape index (κ2) is 6.71. The molecule has 1 fully saturated rings. The average molecular weight is 378 g/mol. The van der Waals surface area contributed by atoms with E-state index in [1.54, 1.807) is 0 Å². The highest BCUT2D eigenvalue weighted by Crippen LogP contribution is 2.36. The molecular weight excluding hydrogens is 360 g/mol. The molecule has 0 amide bonds. The van der Waals surface area contributed by atoms with Gasteiger partial charge in [-0.3, -0.25) is 0 Å². The summed E-state index contributed by atoms with van der Waals surface area (Å²) in [6.45, 7) is 1.58. The lowest BCUT2D eigenvalue weighted by Gasteiger charge is -2.13. The van der Waals surface area contributed by atoms with E-state index in [9.17, 15) is 0 Å². The molecule has 136 valence electrons. The summed E-state index contributed by atoms with van der Waals surface area (Å²) in [6, 6.07) is 10.1. The number of nitrogens with two attached hydrogens (primary N) is 1. The van der Waals surface area contributed by atoms with Crippen LogP contribution in [-0.4, -0.2) is 37.2 Å². The quantitative estimate of drug-likeness (QED) is 0.585. The highest BCUT2D eigenvalue weighted by Gasteiger charge is 2.23. The van der Waals surface area contributed by atoms with Crippen LogP contribution in [0.15, 0.2) is 43.0 Å². The minimum Gasteiger partial charge on any atom is -0.382 e. The van der Waals surface area contributed by atoms with Gasteiger partial charge in [-0.2, -0.15) is 0 Å². The Morgan fingerprint density at radius 1 is 1.19 bits per heavy atom. The highest BCUT2D eigenvalue weighted by atomic mass is 32.1. The number of anilines is 1. The summed E-state index contributed by atoms with van der Waals surface area (Å²) >= 11 is 1.51. The topological polar surface area (TPSA) is 91.7 Å². The molecule has 8 heteroatoms. The maximum atomic E-state index is 5.99. The van der Waals surface area contributed by atoms with Crippen LogP contribution in [0.25, 0.3) is 32.3 Å². The first-order chi connectivity index (χ1) is 13.3. The van der Waals surface area contributed by atoms with Crippen LogP contribution in [0.5, 0.6) is 0 Å². The summed E-state index contributed by atoms with van der Waals surface area (Å²) < 4.78 is 7.97. The van der Waals surface area contributed by atoms with Crippen LogP contribution < -0.4 is 5.73 Å². The lowest BCUT2D eigenvalue weighted by molar-refractivity contribution is 0.0973. The van der Waals surface area contributed by atoms with Crippen LogP contribution >= 0.6 is 11.3 Å². The van der Waals surface area contributed by atoms with Gasteiger partial charge in [0.15, 0.2) is 5.82 Å². The monoisotopic (exact) mass is 378 g/mol. The van der Waals surface area contributed by atoms with E-state index in [1.165, 1.54) is 17.7 Å². The van der Waals surface area contributed by atoms with Gasteiger partial charge in [0.1, 0.15) is 27.4 Å². The third kappa shape index (κ3) is 2.96. The van der Waals surface area contributed by atoms with E-state index in [0.29, 0.717) is 11.3 Å². The molecular formula is C19H18N6OS. The van der Waals surface area contributed by atoms with Gasteiger partial charge in [-0.25, -0.2) is 19.9 Å². The zero-order valence-electron chi connectivity index (χ0n) is 14.6. The van der Waals surface area contributed by atoms with E-state index >= 15 is 0 Å². The molecule has 4 heterocycles. The number of benzene rings is 1. The zero-order chi connectivity index (χ0) is 18.2. The molecule has 0 aliphatic carbocycles. The third-order valence-corrected chi connectivity index (χ3v) is 5.71. The molecule has 1 aliphatic rings. The number of thiazole rings is 1. The molecule has 1 aliphatic heterocycles. The van der Waals surface area contributed by atoms with E-state index in [1.807, 2.05) is 24.5 Å². The van der Waals surface area contributed by atoms with E-state index in [-0.39, 0.29) is 6.10 Å². The Hall–Kier alpha value is -2.84. The van der Waals surface area contributed by atoms with Gasteiger partial charge in [0, 0.05) is 12.2 Å². The molecule has 4 aromatic rings. The standard InChI is InChI=1S/C19H18N6OS/c20-17-15-18(22-10-21-17)27-19(24-15)16-14(12-5-2-1-3-6-12)23-11-25(16)9-13-7-4-8-26-13/h1-3,5-6,10-11,13H,4,7-9H2,(H2,20,21,22)/t13-/m0/s1. The van der Waals surface area contributed by atoms with E-state index in [2.05, 4.69) is 26.7 Å². The summed E-state index contributed by atoms with van der Waals surface area (Å²) in [7, 11) is 0. The maximum absolute atomic E-state index is 5.99. The second-order valence-electron chi connectivity index (χ2n) is 6.53. The predicted molar refractivity (Wildman–Crippen MR) is 105 cm³/mol. The van der Waals surface area contributed by atoms with Crippen molar-refractivity contribution in [3.8, 4) is 22.0 Å². The summed E-state index contributed by atoms with van der Waals surface area (Å²) in [5.41, 5.74) is 9.56. The Kier molecular flexibility index (Phi) is 4.06. The van der Waals surface area contributed by atoms with Crippen molar-refractivity contribution in [2.75, 3.05) is 12.3 Å². The Balaban J connectivity index is 1.66. The first-order valence-corrected chi connectivity index (χ1v) is 9.71. The number of hydrogen-bond donors (Lipinski definition) is 1. The number of nitrogens with zero attached hydrogens (tertiary/aromatic N) is 5. The number of hydrogen-bond acceptors (Lipinski definition) is 7. The van der Waals surface area contributed by atoms with Gasteiger partial charge in [0.2, 0.25) is 0 Å². The second-order valence-corrected chi connectivity index (χ2v) is 7.50. The molecule has 0 radical (unpaired) electrons. The third-order valence-electron chi connectivity index (χ3n) is 4.74. The Labute approximate surface area is 159 Å². The number of imidazole rings is 1. The van der Waals surface area contributed by atoms with Crippen LogP contribution in [0, 0.1) is 0 Å². The average Bonchev–Trinajstić information content (AvgIpc) is 3.42. The fraction of sp³-hybridized carbons (Fsp3) is 0.263. The van der Waals surface area contributed by atoms with Gasteiger partial charge in [-0.15, -0.1) is 0 Å². The number of ether oxygens (including phenoxy) is 1. The van der Waals surface area contributed by atoms with E-state index in [4.69, 9.17) is 20.4 Å². The van der Waals surface area contributed by atoms with Gasteiger partial charge in [0.05, 0.1) is 24.7 Å². The molecule has 3 aromatic heterocycles. The Morgan fingerprint density at radius 3 is 2.85 bits per heavy atom. The van der Waals surface area contributed by atoms with Crippen LogP contribution in [0.3, 0.4) is 0 Å². The highest BCUT2D eigenvalue weighted by molar-refractivity contribution is 7.21. The summed E-state index contributed by atoms with van der Waals surface area (Å²) in [6.07, 6.45) is 5.73. The van der Waals surface area contributed by atoms with Crippen molar-refractivity contribution in [3.05, 3.63) is 43.0 Å². The number of rotatable bonds is 4.